The first kappa shape index (κ1) is 19.9. The molecule has 0 heterocycles. The molecule has 0 saturated carbocycles. The second kappa shape index (κ2) is 13.9. The standard InChI is InChI=1S/C14H31O2PS2/c1-3-5-7-9-10-12-14-19-17(15,18)16-13-11-8-6-4-2/h3-14H2,1-2H3,(H,15,18). The lowest BCUT2D eigenvalue weighted by atomic mass is 10.1. The van der Waals surface area contributed by atoms with Crippen LogP contribution < -0.4 is 0 Å². The van der Waals surface area contributed by atoms with Gasteiger partial charge in [0.05, 0.1) is 6.61 Å². The molecule has 0 fully saturated rings. The summed E-state index contributed by atoms with van der Waals surface area (Å²) in [6.07, 6.45) is 12.3. The van der Waals surface area contributed by atoms with Crippen LogP contribution in [-0.4, -0.2) is 17.3 Å². The minimum absolute atomic E-state index is 0.622. The van der Waals surface area contributed by atoms with E-state index in [1.807, 2.05) is 0 Å². The summed E-state index contributed by atoms with van der Waals surface area (Å²) in [5.41, 5.74) is -2.55. The van der Waals surface area contributed by atoms with E-state index in [1.54, 1.807) is 0 Å². The molecule has 0 aromatic rings. The summed E-state index contributed by atoms with van der Waals surface area (Å²) in [6.45, 7) is 5.04. The van der Waals surface area contributed by atoms with E-state index in [1.165, 1.54) is 62.7 Å². The van der Waals surface area contributed by atoms with Crippen LogP contribution in [0.15, 0.2) is 0 Å². The van der Waals surface area contributed by atoms with Gasteiger partial charge < -0.3 is 9.42 Å². The average Bonchev–Trinajstić information content (AvgIpc) is 2.37. The molecule has 1 atom stereocenters. The molecule has 19 heavy (non-hydrogen) atoms. The third kappa shape index (κ3) is 15.1. The topological polar surface area (TPSA) is 29.5 Å². The molecule has 0 amide bonds. The Morgan fingerprint density at radius 3 is 2.05 bits per heavy atom. The van der Waals surface area contributed by atoms with Gasteiger partial charge in [-0.1, -0.05) is 76.6 Å². The number of hydrogen-bond donors (Lipinski definition) is 1. The molecule has 1 N–H and O–H groups in total. The van der Waals surface area contributed by atoms with Gasteiger partial charge in [-0.25, -0.2) is 0 Å². The summed E-state index contributed by atoms with van der Waals surface area (Å²) in [5.74, 6) is 0.939. The van der Waals surface area contributed by atoms with Crippen molar-refractivity contribution in [3.8, 4) is 0 Å². The summed E-state index contributed by atoms with van der Waals surface area (Å²) in [5, 5.41) is 0. The first-order chi connectivity index (χ1) is 9.12. The highest BCUT2D eigenvalue weighted by Gasteiger charge is 2.13. The van der Waals surface area contributed by atoms with Gasteiger partial charge in [-0.15, -0.1) is 0 Å². The van der Waals surface area contributed by atoms with E-state index in [-0.39, 0.29) is 0 Å². The van der Waals surface area contributed by atoms with Gasteiger partial charge in [0.2, 0.25) is 5.69 Å². The number of rotatable bonds is 14. The van der Waals surface area contributed by atoms with Crippen molar-refractivity contribution in [1.29, 1.82) is 0 Å². The number of hydrogen-bond acceptors (Lipinski definition) is 3. The molecule has 0 aromatic heterocycles. The second-order valence-electron chi connectivity index (χ2n) is 4.96. The fraction of sp³-hybridized carbons (Fsp3) is 1.00. The van der Waals surface area contributed by atoms with Crippen LogP contribution in [0, 0.1) is 0 Å². The van der Waals surface area contributed by atoms with Crippen LogP contribution in [0.2, 0.25) is 0 Å². The monoisotopic (exact) mass is 326 g/mol. The molecule has 0 aliphatic rings. The van der Waals surface area contributed by atoms with Gasteiger partial charge in [0.25, 0.3) is 0 Å². The van der Waals surface area contributed by atoms with Crippen molar-refractivity contribution >= 4 is 28.9 Å². The van der Waals surface area contributed by atoms with E-state index in [2.05, 4.69) is 13.8 Å². The molecule has 0 rings (SSSR count). The Labute approximate surface area is 129 Å². The van der Waals surface area contributed by atoms with Crippen molar-refractivity contribution in [3.05, 3.63) is 0 Å². The van der Waals surface area contributed by atoms with Gasteiger partial charge in [0, 0.05) is 5.75 Å². The van der Waals surface area contributed by atoms with Crippen molar-refractivity contribution in [2.75, 3.05) is 12.4 Å². The highest BCUT2D eigenvalue weighted by molar-refractivity contribution is 8.67. The highest BCUT2D eigenvalue weighted by Crippen LogP contribution is 2.56. The number of unbranched alkanes of at least 4 members (excludes halogenated alkanes) is 8. The Morgan fingerprint density at radius 1 is 0.895 bits per heavy atom. The molecule has 0 aromatic carbocycles. The maximum Gasteiger partial charge on any atom is 0.244 e. The Balaban J connectivity index is 3.38. The zero-order chi connectivity index (χ0) is 14.4. The van der Waals surface area contributed by atoms with Crippen molar-refractivity contribution in [2.24, 2.45) is 0 Å². The first-order valence-corrected chi connectivity index (χ1v) is 12.0. The average molecular weight is 327 g/mol. The SMILES string of the molecule is CCCCCCCCSP(O)(=S)OCCCCCC. The molecule has 0 aliphatic heterocycles. The van der Waals surface area contributed by atoms with Crippen molar-refractivity contribution in [3.63, 3.8) is 0 Å². The van der Waals surface area contributed by atoms with Gasteiger partial charge in [-0.3, -0.25) is 0 Å². The van der Waals surface area contributed by atoms with Crippen molar-refractivity contribution in [2.45, 2.75) is 78.1 Å². The largest absolute Gasteiger partial charge is 0.337 e. The lowest BCUT2D eigenvalue weighted by Crippen LogP contribution is -1.92. The molecule has 0 bridgehead atoms. The summed E-state index contributed by atoms with van der Waals surface area (Å²) < 4.78 is 5.47. The third-order valence-corrected chi connectivity index (χ3v) is 7.42. The van der Waals surface area contributed by atoms with Gasteiger partial charge in [0.1, 0.15) is 0 Å². The second-order valence-corrected chi connectivity index (χ2v) is 11.3. The minimum Gasteiger partial charge on any atom is -0.337 e. The predicted molar refractivity (Wildman–Crippen MR) is 92.4 cm³/mol. The van der Waals surface area contributed by atoms with Crippen LogP contribution in [-0.2, 0) is 16.3 Å². The molecular weight excluding hydrogens is 295 g/mol. The molecule has 0 spiro atoms. The van der Waals surface area contributed by atoms with Crippen LogP contribution in [0.5, 0.6) is 0 Å². The lowest BCUT2D eigenvalue weighted by Gasteiger charge is -2.14. The van der Waals surface area contributed by atoms with Crippen LogP contribution in [0.4, 0.5) is 0 Å². The molecular formula is C14H31O2PS2. The van der Waals surface area contributed by atoms with E-state index in [4.69, 9.17) is 16.3 Å². The van der Waals surface area contributed by atoms with Crippen molar-refractivity contribution < 1.29 is 9.42 Å². The first-order valence-electron chi connectivity index (χ1n) is 7.74. The van der Waals surface area contributed by atoms with E-state index < -0.39 is 5.69 Å². The van der Waals surface area contributed by atoms with E-state index >= 15 is 0 Å². The predicted octanol–water partition coefficient (Wildman–Crippen LogP) is 5.89. The highest BCUT2D eigenvalue weighted by atomic mass is 32.9. The molecule has 2 nitrogen and oxygen atoms in total. The molecule has 5 heteroatoms. The molecule has 1 unspecified atom stereocenters. The maximum absolute atomic E-state index is 9.98. The molecule has 116 valence electrons. The van der Waals surface area contributed by atoms with Gasteiger partial charge >= 0.3 is 0 Å². The van der Waals surface area contributed by atoms with Crippen LogP contribution in [0.3, 0.4) is 0 Å². The van der Waals surface area contributed by atoms with Gasteiger partial charge in [-0.2, -0.15) is 0 Å². The van der Waals surface area contributed by atoms with Crippen molar-refractivity contribution in [1.82, 2.24) is 0 Å². The van der Waals surface area contributed by atoms with Crippen LogP contribution in [0.1, 0.15) is 78.1 Å². The zero-order valence-corrected chi connectivity index (χ0v) is 15.1. The van der Waals surface area contributed by atoms with Gasteiger partial charge in [0.15, 0.2) is 0 Å². The quantitative estimate of drug-likeness (QED) is 0.318. The Morgan fingerprint density at radius 2 is 1.42 bits per heavy atom. The summed E-state index contributed by atoms with van der Waals surface area (Å²) in [4.78, 5) is 9.98. The van der Waals surface area contributed by atoms with Crippen LogP contribution >= 0.6 is 17.1 Å². The van der Waals surface area contributed by atoms with Gasteiger partial charge in [-0.05, 0) is 24.6 Å². The Bertz CT molecular complexity index is 237. The fourth-order valence-corrected chi connectivity index (χ4v) is 5.23. The Hall–Kier alpha value is 0.920. The summed E-state index contributed by atoms with van der Waals surface area (Å²) in [6, 6.07) is 0. The van der Waals surface area contributed by atoms with E-state index in [0.717, 1.165) is 18.6 Å². The summed E-state index contributed by atoms with van der Waals surface area (Å²) >= 11 is 6.61. The maximum atomic E-state index is 9.98. The van der Waals surface area contributed by atoms with E-state index in [9.17, 15) is 4.89 Å². The minimum atomic E-state index is -2.55. The summed E-state index contributed by atoms with van der Waals surface area (Å²) in [7, 11) is 0. The normalized spacial score (nSPS) is 14.5. The third-order valence-electron chi connectivity index (χ3n) is 3.00. The molecule has 0 aliphatic carbocycles. The Kier molecular flexibility index (Phi) is 14.6. The lowest BCUT2D eigenvalue weighted by molar-refractivity contribution is 0.308. The van der Waals surface area contributed by atoms with Crippen LogP contribution in [0.25, 0.3) is 0 Å². The van der Waals surface area contributed by atoms with E-state index in [0.29, 0.717) is 6.61 Å². The molecule has 0 radical (unpaired) electrons. The zero-order valence-electron chi connectivity index (χ0n) is 12.6. The fourth-order valence-electron chi connectivity index (χ4n) is 1.81. The smallest absolute Gasteiger partial charge is 0.244 e. The molecule has 0 saturated heterocycles.